The number of sulfonamides is 1. The molecule has 21 heavy (non-hydrogen) atoms. The molecule has 0 saturated carbocycles. The minimum absolute atomic E-state index is 0.152. The fraction of sp³-hybridized carbons (Fsp3) is 0.538. The number of methoxy groups -OCH3 is 2. The molecule has 0 bridgehead atoms. The van der Waals surface area contributed by atoms with E-state index in [9.17, 15) is 8.42 Å². The van der Waals surface area contributed by atoms with Crippen molar-refractivity contribution in [3.8, 4) is 11.5 Å². The number of nitrogens with zero attached hydrogens (tertiary/aromatic N) is 1. The van der Waals surface area contributed by atoms with Gasteiger partial charge in [-0.2, -0.15) is 4.31 Å². The lowest BCUT2D eigenvalue weighted by atomic mass is 10.3. The SMILES string of the molecule is COc1cc(OC)c(S(=O)(=O)N2CCCNCC2)cc1Br. The standard InChI is InChI=1S/C13H19BrN2O4S/c1-19-11-9-12(20-2)13(8-10(11)14)21(17,18)16-6-3-4-15-5-7-16/h8-9,15H,3-7H2,1-2H3. The smallest absolute Gasteiger partial charge is 0.246 e. The van der Waals surface area contributed by atoms with E-state index in [4.69, 9.17) is 9.47 Å². The molecule has 1 aliphatic heterocycles. The van der Waals surface area contributed by atoms with Crippen LogP contribution in [0.2, 0.25) is 0 Å². The van der Waals surface area contributed by atoms with E-state index in [0.717, 1.165) is 13.0 Å². The minimum atomic E-state index is -3.59. The quantitative estimate of drug-likeness (QED) is 0.858. The van der Waals surface area contributed by atoms with Crippen molar-refractivity contribution in [3.05, 3.63) is 16.6 Å². The van der Waals surface area contributed by atoms with Gasteiger partial charge in [-0.3, -0.25) is 0 Å². The Labute approximate surface area is 133 Å². The number of benzene rings is 1. The van der Waals surface area contributed by atoms with Crippen molar-refractivity contribution >= 4 is 26.0 Å². The zero-order chi connectivity index (χ0) is 15.5. The van der Waals surface area contributed by atoms with E-state index >= 15 is 0 Å². The first kappa shape index (κ1) is 16.5. The Morgan fingerprint density at radius 1 is 1.14 bits per heavy atom. The van der Waals surface area contributed by atoms with E-state index in [1.165, 1.54) is 24.6 Å². The van der Waals surface area contributed by atoms with Gasteiger partial charge in [0.15, 0.2) is 0 Å². The first-order valence-electron chi connectivity index (χ1n) is 6.63. The predicted molar refractivity (Wildman–Crippen MR) is 83.5 cm³/mol. The monoisotopic (exact) mass is 378 g/mol. The van der Waals surface area contributed by atoms with Crippen LogP contribution in [0, 0.1) is 0 Å². The van der Waals surface area contributed by atoms with E-state index in [1.807, 2.05) is 0 Å². The number of hydrogen-bond acceptors (Lipinski definition) is 5. The van der Waals surface area contributed by atoms with Gasteiger partial charge in [-0.15, -0.1) is 0 Å². The molecule has 0 radical (unpaired) electrons. The fourth-order valence-electron chi connectivity index (χ4n) is 2.23. The zero-order valence-corrected chi connectivity index (χ0v) is 14.5. The lowest BCUT2D eigenvalue weighted by molar-refractivity contribution is 0.379. The molecule has 8 heteroatoms. The minimum Gasteiger partial charge on any atom is -0.495 e. The van der Waals surface area contributed by atoms with Gasteiger partial charge in [0.1, 0.15) is 16.4 Å². The van der Waals surface area contributed by atoms with Crippen molar-refractivity contribution in [2.24, 2.45) is 0 Å². The molecule has 2 rings (SSSR count). The van der Waals surface area contributed by atoms with Crippen LogP contribution in [0.5, 0.6) is 11.5 Å². The second kappa shape index (κ2) is 6.95. The highest BCUT2D eigenvalue weighted by Gasteiger charge is 2.29. The Hall–Kier alpha value is -0.830. The summed E-state index contributed by atoms with van der Waals surface area (Å²) in [5.74, 6) is 0.815. The number of halogens is 1. The Morgan fingerprint density at radius 3 is 2.52 bits per heavy atom. The molecule has 1 heterocycles. The van der Waals surface area contributed by atoms with Gasteiger partial charge in [0.25, 0.3) is 0 Å². The van der Waals surface area contributed by atoms with E-state index in [1.54, 1.807) is 6.07 Å². The molecule has 0 amide bonds. The molecule has 0 spiro atoms. The highest BCUT2D eigenvalue weighted by molar-refractivity contribution is 9.10. The van der Waals surface area contributed by atoms with Crippen LogP contribution in [0.25, 0.3) is 0 Å². The van der Waals surface area contributed by atoms with Gasteiger partial charge >= 0.3 is 0 Å². The second-order valence-electron chi connectivity index (χ2n) is 4.65. The third kappa shape index (κ3) is 3.50. The molecule has 1 saturated heterocycles. The van der Waals surface area contributed by atoms with Gasteiger partial charge in [0, 0.05) is 25.7 Å². The summed E-state index contributed by atoms with van der Waals surface area (Å²) in [6.45, 7) is 2.44. The molecule has 6 nitrogen and oxygen atoms in total. The highest BCUT2D eigenvalue weighted by atomic mass is 79.9. The van der Waals surface area contributed by atoms with Crippen LogP contribution in [-0.4, -0.2) is 53.1 Å². The average Bonchev–Trinajstić information content (AvgIpc) is 2.76. The summed E-state index contributed by atoms with van der Waals surface area (Å²) in [7, 11) is -0.621. The molecule has 1 aromatic carbocycles. The summed E-state index contributed by atoms with van der Waals surface area (Å²) in [4.78, 5) is 0.152. The topological polar surface area (TPSA) is 67.9 Å². The Bertz CT molecular complexity index is 598. The van der Waals surface area contributed by atoms with Gasteiger partial charge in [-0.05, 0) is 35.0 Å². The molecule has 0 unspecified atom stereocenters. The van der Waals surface area contributed by atoms with Crippen LogP contribution in [-0.2, 0) is 10.0 Å². The summed E-state index contributed by atoms with van der Waals surface area (Å²) < 4.78 is 38.1. The maximum Gasteiger partial charge on any atom is 0.246 e. The molecule has 1 aliphatic rings. The van der Waals surface area contributed by atoms with Gasteiger partial charge in [0.2, 0.25) is 10.0 Å². The van der Waals surface area contributed by atoms with Crippen LogP contribution < -0.4 is 14.8 Å². The molecule has 1 fully saturated rings. The summed E-state index contributed by atoms with van der Waals surface area (Å²) in [5.41, 5.74) is 0. The Kier molecular flexibility index (Phi) is 5.48. The Morgan fingerprint density at radius 2 is 1.86 bits per heavy atom. The largest absolute Gasteiger partial charge is 0.495 e. The van der Waals surface area contributed by atoms with Crippen LogP contribution in [0.1, 0.15) is 6.42 Å². The molecular weight excluding hydrogens is 360 g/mol. The summed E-state index contributed by atoms with van der Waals surface area (Å²) in [6, 6.07) is 3.11. The van der Waals surface area contributed by atoms with Crippen molar-refractivity contribution in [1.29, 1.82) is 0 Å². The van der Waals surface area contributed by atoms with Crippen LogP contribution in [0.4, 0.5) is 0 Å². The summed E-state index contributed by atoms with van der Waals surface area (Å²) >= 11 is 3.33. The zero-order valence-electron chi connectivity index (χ0n) is 12.1. The van der Waals surface area contributed by atoms with Gasteiger partial charge < -0.3 is 14.8 Å². The van der Waals surface area contributed by atoms with Crippen LogP contribution in [0.15, 0.2) is 21.5 Å². The first-order valence-corrected chi connectivity index (χ1v) is 8.86. The lowest BCUT2D eigenvalue weighted by Gasteiger charge is -2.21. The fourth-order valence-corrected chi connectivity index (χ4v) is 4.53. The number of hydrogen-bond donors (Lipinski definition) is 1. The van der Waals surface area contributed by atoms with Crippen LogP contribution >= 0.6 is 15.9 Å². The van der Waals surface area contributed by atoms with Crippen molar-refractivity contribution in [2.75, 3.05) is 40.4 Å². The summed E-state index contributed by atoms with van der Waals surface area (Å²) in [6.07, 6.45) is 0.791. The summed E-state index contributed by atoms with van der Waals surface area (Å²) in [5, 5.41) is 3.19. The average molecular weight is 379 g/mol. The molecular formula is C13H19BrN2O4S. The third-order valence-corrected chi connectivity index (χ3v) is 5.89. The molecule has 1 N–H and O–H groups in total. The molecule has 0 aliphatic carbocycles. The van der Waals surface area contributed by atoms with Gasteiger partial charge in [-0.25, -0.2) is 8.42 Å². The van der Waals surface area contributed by atoms with Crippen molar-refractivity contribution in [2.45, 2.75) is 11.3 Å². The van der Waals surface area contributed by atoms with E-state index in [-0.39, 0.29) is 10.6 Å². The first-order chi connectivity index (χ1) is 10.0. The van der Waals surface area contributed by atoms with Crippen molar-refractivity contribution in [1.82, 2.24) is 9.62 Å². The van der Waals surface area contributed by atoms with Crippen molar-refractivity contribution < 1.29 is 17.9 Å². The van der Waals surface area contributed by atoms with Crippen LogP contribution in [0.3, 0.4) is 0 Å². The third-order valence-electron chi connectivity index (χ3n) is 3.35. The van der Waals surface area contributed by atoms with Gasteiger partial charge in [-0.1, -0.05) is 0 Å². The maximum absolute atomic E-state index is 12.8. The van der Waals surface area contributed by atoms with Gasteiger partial charge in [0.05, 0.1) is 18.7 Å². The predicted octanol–water partition coefficient (Wildman–Crippen LogP) is 1.45. The second-order valence-corrected chi connectivity index (χ2v) is 7.41. The molecule has 0 aromatic heterocycles. The molecule has 118 valence electrons. The Balaban J connectivity index is 2.45. The van der Waals surface area contributed by atoms with E-state index in [2.05, 4.69) is 21.2 Å². The maximum atomic E-state index is 12.8. The highest BCUT2D eigenvalue weighted by Crippen LogP contribution is 2.36. The van der Waals surface area contributed by atoms with E-state index in [0.29, 0.717) is 29.9 Å². The lowest BCUT2D eigenvalue weighted by Crippen LogP contribution is -2.34. The van der Waals surface area contributed by atoms with E-state index < -0.39 is 10.0 Å². The normalized spacial score (nSPS) is 17.3. The number of nitrogens with one attached hydrogen (secondary N) is 1. The number of rotatable bonds is 4. The molecule has 0 atom stereocenters. The van der Waals surface area contributed by atoms with Crippen molar-refractivity contribution in [3.63, 3.8) is 0 Å². The molecule has 1 aromatic rings. The number of ether oxygens (including phenoxy) is 2.